The summed E-state index contributed by atoms with van der Waals surface area (Å²) in [6, 6.07) is 1.11. The average molecular weight is 292 g/mol. The molecule has 1 aromatic rings. The molecular formula is C10H16N2O4S2. The molecule has 0 saturated carbocycles. The number of anilines is 1. The molecule has 1 aromatic heterocycles. The van der Waals surface area contributed by atoms with Gasteiger partial charge >= 0.3 is 5.69 Å². The molecule has 0 radical (unpaired) electrons. The van der Waals surface area contributed by atoms with Crippen molar-refractivity contribution in [3.63, 3.8) is 0 Å². The highest BCUT2D eigenvalue weighted by atomic mass is 32.2. The number of hydrogen-bond acceptors (Lipinski definition) is 6. The van der Waals surface area contributed by atoms with Gasteiger partial charge in [0, 0.05) is 18.9 Å². The van der Waals surface area contributed by atoms with E-state index in [1.165, 1.54) is 0 Å². The van der Waals surface area contributed by atoms with Crippen molar-refractivity contribution in [1.29, 1.82) is 0 Å². The number of nitro groups is 1. The summed E-state index contributed by atoms with van der Waals surface area (Å²) in [7, 11) is -3.41. The van der Waals surface area contributed by atoms with Crippen LogP contribution < -0.4 is 5.32 Å². The van der Waals surface area contributed by atoms with E-state index >= 15 is 0 Å². The summed E-state index contributed by atoms with van der Waals surface area (Å²) in [6.45, 7) is 4.68. The monoisotopic (exact) mass is 292 g/mol. The molecule has 0 aromatic carbocycles. The van der Waals surface area contributed by atoms with Crippen molar-refractivity contribution in [3.05, 3.63) is 16.2 Å². The van der Waals surface area contributed by atoms with Crippen LogP contribution in [0.4, 0.5) is 10.7 Å². The molecule has 0 aliphatic carbocycles. The second kappa shape index (κ2) is 5.66. The van der Waals surface area contributed by atoms with Gasteiger partial charge in [-0.05, 0) is 12.3 Å². The van der Waals surface area contributed by atoms with Crippen molar-refractivity contribution in [1.82, 2.24) is 0 Å². The Hall–Kier alpha value is -1.15. The van der Waals surface area contributed by atoms with Crippen LogP contribution in [0.3, 0.4) is 0 Å². The first-order chi connectivity index (χ1) is 8.21. The number of hydrogen-bond donors (Lipinski definition) is 1. The number of thiophene rings is 1. The lowest BCUT2D eigenvalue weighted by molar-refractivity contribution is -0.383. The molecule has 18 heavy (non-hydrogen) atoms. The maximum Gasteiger partial charge on any atom is 0.304 e. The predicted octanol–water partition coefficient (Wildman–Crippen LogP) is 2.52. The lowest BCUT2D eigenvalue weighted by Crippen LogP contribution is -2.04. The van der Waals surface area contributed by atoms with Crippen LogP contribution in [0.2, 0.25) is 0 Å². The summed E-state index contributed by atoms with van der Waals surface area (Å²) >= 11 is 0.906. The minimum Gasteiger partial charge on any atom is -0.371 e. The Morgan fingerprint density at radius 2 is 2.11 bits per heavy atom. The van der Waals surface area contributed by atoms with E-state index in [9.17, 15) is 18.5 Å². The van der Waals surface area contributed by atoms with Crippen LogP contribution in [0.25, 0.3) is 0 Å². The van der Waals surface area contributed by atoms with Gasteiger partial charge in [-0.25, -0.2) is 8.42 Å². The molecule has 0 aliphatic heterocycles. The van der Waals surface area contributed by atoms with Gasteiger partial charge in [0.05, 0.1) is 4.92 Å². The summed E-state index contributed by atoms with van der Waals surface area (Å²) in [5.74, 6) is 0.478. The van der Waals surface area contributed by atoms with Gasteiger partial charge in [-0.15, -0.1) is 0 Å². The summed E-state index contributed by atoms with van der Waals surface area (Å²) < 4.78 is 22.7. The van der Waals surface area contributed by atoms with Gasteiger partial charge in [-0.1, -0.05) is 25.2 Å². The lowest BCUT2D eigenvalue weighted by atomic mass is 10.1. The summed E-state index contributed by atoms with van der Waals surface area (Å²) in [5.41, 5.74) is -0.177. The van der Waals surface area contributed by atoms with Crippen molar-refractivity contribution < 1.29 is 13.3 Å². The molecule has 0 atom stereocenters. The third kappa shape index (κ3) is 3.95. The third-order valence-electron chi connectivity index (χ3n) is 2.26. The molecule has 1 rings (SSSR count). The highest BCUT2D eigenvalue weighted by molar-refractivity contribution is 7.92. The minimum absolute atomic E-state index is 0.0150. The Kier molecular flexibility index (Phi) is 4.69. The van der Waals surface area contributed by atoms with Crippen molar-refractivity contribution in [2.45, 2.75) is 24.5 Å². The van der Waals surface area contributed by atoms with Crippen LogP contribution >= 0.6 is 11.3 Å². The van der Waals surface area contributed by atoms with Crippen LogP contribution in [0.1, 0.15) is 20.3 Å². The third-order valence-corrected chi connectivity index (χ3v) is 5.14. The second-order valence-electron chi connectivity index (χ2n) is 4.42. The second-order valence-corrected chi connectivity index (χ2v) is 7.71. The van der Waals surface area contributed by atoms with Gasteiger partial charge in [0.1, 0.15) is 4.21 Å². The summed E-state index contributed by atoms with van der Waals surface area (Å²) in [5, 5.41) is 14.1. The van der Waals surface area contributed by atoms with E-state index < -0.39 is 14.8 Å². The zero-order chi connectivity index (χ0) is 13.9. The van der Waals surface area contributed by atoms with Crippen molar-refractivity contribution in [3.8, 4) is 0 Å². The molecule has 1 N–H and O–H groups in total. The Bertz CT molecular complexity index is 534. The van der Waals surface area contributed by atoms with E-state index in [0.717, 1.165) is 30.1 Å². The smallest absolute Gasteiger partial charge is 0.304 e. The molecule has 0 saturated heterocycles. The molecule has 0 spiro atoms. The highest BCUT2D eigenvalue weighted by Gasteiger charge is 2.23. The first-order valence-electron chi connectivity index (χ1n) is 5.44. The van der Waals surface area contributed by atoms with Crippen LogP contribution in [0, 0.1) is 16.0 Å². The molecule has 102 valence electrons. The van der Waals surface area contributed by atoms with Crippen molar-refractivity contribution >= 4 is 31.9 Å². The van der Waals surface area contributed by atoms with E-state index in [1.807, 2.05) is 13.8 Å². The van der Waals surface area contributed by atoms with Crippen LogP contribution in [-0.4, -0.2) is 26.1 Å². The maximum absolute atomic E-state index is 11.4. The summed E-state index contributed by atoms with van der Waals surface area (Å²) in [4.78, 5) is 10.3. The molecule has 1 heterocycles. The fraction of sp³-hybridized carbons (Fsp3) is 0.600. The normalized spacial score (nSPS) is 11.8. The van der Waals surface area contributed by atoms with E-state index in [4.69, 9.17) is 0 Å². The minimum atomic E-state index is -3.41. The van der Waals surface area contributed by atoms with Gasteiger partial charge in [-0.3, -0.25) is 10.1 Å². The fourth-order valence-corrected chi connectivity index (χ4v) is 3.24. The van der Waals surface area contributed by atoms with Crippen molar-refractivity contribution in [2.24, 2.45) is 5.92 Å². The zero-order valence-corrected chi connectivity index (χ0v) is 12.1. The van der Waals surface area contributed by atoms with E-state index in [-0.39, 0.29) is 9.90 Å². The van der Waals surface area contributed by atoms with Gasteiger partial charge < -0.3 is 5.32 Å². The largest absolute Gasteiger partial charge is 0.371 e. The van der Waals surface area contributed by atoms with Crippen LogP contribution in [0.5, 0.6) is 0 Å². The number of nitrogens with one attached hydrogen (secondary N) is 1. The molecule has 0 amide bonds. The van der Waals surface area contributed by atoms with Gasteiger partial charge in [0.25, 0.3) is 0 Å². The van der Waals surface area contributed by atoms with Gasteiger partial charge in [0.2, 0.25) is 0 Å². The molecule has 0 unspecified atom stereocenters. The predicted molar refractivity (Wildman–Crippen MR) is 72.0 cm³/mol. The number of nitrogens with zero attached hydrogens (tertiary/aromatic N) is 1. The van der Waals surface area contributed by atoms with E-state index in [1.54, 1.807) is 0 Å². The molecule has 0 bridgehead atoms. The molecular weight excluding hydrogens is 276 g/mol. The first kappa shape index (κ1) is 14.9. The maximum atomic E-state index is 11.4. The Morgan fingerprint density at radius 3 is 2.56 bits per heavy atom. The van der Waals surface area contributed by atoms with Crippen LogP contribution in [-0.2, 0) is 9.84 Å². The average Bonchev–Trinajstić information content (AvgIpc) is 2.60. The number of sulfone groups is 1. The van der Waals surface area contributed by atoms with E-state index in [2.05, 4.69) is 5.32 Å². The highest BCUT2D eigenvalue weighted by Crippen LogP contribution is 2.36. The number of rotatable bonds is 6. The lowest BCUT2D eigenvalue weighted by Gasteiger charge is -2.05. The Morgan fingerprint density at radius 1 is 1.50 bits per heavy atom. The molecule has 8 heteroatoms. The molecule has 0 fully saturated rings. The molecule has 0 aliphatic rings. The van der Waals surface area contributed by atoms with E-state index in [0.29, 0.717) is 17.5 Å². The fourth-order valence-electron chi connectivity index (χ4n) is 1.28. The SMILES string of the molecule is CC(C)CCNc1sc(S(C)(=O)=O)cc1[N+](=O)[O-]. The zero-order valence-electron chi connectivity index (χ0n) is 10.5. The molecule has 6 nitrogen and oxygen atoms in total. The van der Waals surface area contributed by atoms with Gasteiger partial charge in [0.15, 0.2) is 14.8 Å². The van der Waals surface area contributed by atoms with Gasteiger partial charge in [-0.2, -0.15) is 0 Å². The van der Waals surface area contributed by atoms with Crippen LogP contribution in [0.15, 0.2) is 10.3 Å². The Labute approximate surface area is 110 Å². The first-order valence-corrected chi connectivity index (χ1v) is 8.14. The standard InChI is InChI=1S/C10H16N2O4S2/c1-7(2)4-5-11-10-8(12(13)14)6-9(17-10)18(3,15)16/h6-7,11H,4-5H2,1-3H3. The topological polar surface area (TPSA) is 89.3 Å². The Balaban J connectivity index is 2.95. The van der Waals surface area contributed by atoms with Crippen molar-refractivity contribution in [2.75, 3.05) is 18.1 Å². The summed E-state index contributed by atoms with van der Waals surface area (Å²) in [6.07, 6.45) is 1.91. The quantitative estimate of drug-likeness (QED) is 0.642.